The molecule has 0 aliphatic heterocycles. The van der Waals surface area contributed by atoms with E-state index in [1.165, 1.54) is 0 Å². The molecular formula is C12H23NO2. The highest BCUT2D eigenvalue weighted by atomic mass is 16.3. The van der Waals surface area contributed by atoms with Crippen molar-refractivity contribution in [1.29, 1.82) is 0 Å². The third-order valence-corrected chi connectivity index (χ3v) is 2.27. The topological polar surface area (TPSA) is 63.3 Å². The Labute approximate surface area is 92.4 Å². The molecule has 3 heteroatoms. The average molecular weight is 213 g/mol. The average Bonchev–Trinajstić information content (AvgIpc) is 2.17. The summed E-state index contributed by atoms with van der Waals surface area (Å²) >= 11 is 0. The Bertz CT molecular complexity index is 190. The monoisotopic (exact) mass is 213 g/mol. The lowest BCUT2D eigenvalue weighted by atomic mass is 10.1. The van der Waals surface area contributed by atoms with E-state index in [4.69, 9.17) is 5.73 Å². The van der Waals surface area contributed by atoms with Crippen LogP contribution in [0.3, 0.4) is 0 Å². The number of unbranched alkanes of at least 4 members (excludes halogenated alkanes) is 1. The number of carbonyl (C=O) groups is 1. The van der Waals surface area contributed by atoms with Crippen molar-refractivity contribution in [1.82, 2.24) is 0 Å². The molecule has 0 bridgehead atoms. The van der Waals surface area contributed by atoms with E-state index in [1.54, 1.807) is 0 Å². The molecule has 0 saturated heterocycles. The number of primary amides is 1. The number of nitrogens with two attached hydrogens (primary N) is 1. The van der Waals surface area contributed by atoms with Gasteiger partial charge in [0.2, 0.25) is 5.91 Å². The molecule has 0 aromatic carbocycles. The standard InChI is InChI=1S/C12H23NO2/c1-2-3-4-5-6-8-11(14)9-7-10-12(13)15/h3-4,11,14H,2,5-10H2,1H3,(H2,13,15). The summed E-state index contributed by atoms with van der Waals surface area (Å²) in [7, 11) is 0. The highest BCUT2D eigenvalue weighted by molar-refractivity contribution is 5.73. The summed E-state index contributed by atoms with van der Waals surface area (Å²) in [6, 6.07) is 0. The Balaban J connectivity index is 3.29. The summed E-state index contributed by atoms with van der Waals surface area (Å²) < 4.78 is 0. The van der Waals surface area contributed by atoms with Gasteiger partial charge in [0.1, 0.15) is 0 Å². The second kappa shape index (κ2) is 9.71. The van der Waals surface area contributed by atoms with Crippen molar-refractivity contribution >= 4 is 5.91 Å². The molecule has 0 spiro atoms. The third-order valence-electron chi connectivity index (χ3n) is 2.27. The van der Waals surface area contributed by atoms with Crippen molar-refractivity contribution in [3.8, 4) is 0 Å². The fraction of sp³-hybridized carbons (Fsp3) is 0.750. The second-order valence-corrected chi connectivity index (χ2v) is 3.82. The predicted octanol–water partition coefficient (Wildman–Crippen LogP) is 2.14. The van der Waals surface area contributed by atoms with Gasteiger partial charge in [-0.05, 0) is 38.5 Å². The number of aliphatic hydroxyl groups excluding tert-OH is 1. The summed E-state index contributed by atoms with van der Waals surface area (Å²) in [4.78, 5) is 10.4. The van der Waals surface area contributed by atoms with Crippen LogP contribution in [0.2, 0.25) is 0 Å². The van der Waals surface area contributed by atoms with Gasteiger partial charge in [0, 0.05) is 6.42 Å². The molecule has 0 radical (unpaired) electrons. The number of carbonyl (C=O) groups excluding carboxylic acids is 1. The first-order valence-corrected chi connectivity index (χ1v) is 5.78. The molecule has 3 N–H and O–H groups in total. The van der Waals surface area contributed by atoms with Gasteiger partial charge in [-0.3, -0.25) is 4.79 Å². The minimum Gasteiger partial charge on any atom is -0.393 e. The van der Waals surface area contributed by atoms with E-state index in [0.717, 1.165) is 25.7 Å². The summed E-state index contributed by atoms with van der Waals surface area (Å²) in [6.07, 6.45) is 9.69. The van der Waals surface area contributed by atoms with Gasteiger partial charge in [-0.2, -0.15) is 0 Å². The zero-order valence-corrected chi connectivity index (χ0v) is 9.61. The molecule has 0 aromatic heterocycles. The van der Waals surface area contributed by atoms with E-state index in [-0.39, 0.29) is 12.0 Å². The Kier molecular flexibility index (Phi) is 9.18. The van der Waals surface area contributed by atoms with E-state index in [9.17, 15) is 9.90 Å². The molecule has 1 amide bonds. The van der Waals surface area contributed by atoms with E-state index in [1.807, 2.05) is 0 Å². The van der Waals surface area contributed by atoms with Crippen LogP contribution >= 0.6 is 0 Å². The number of aliphatic hydroxyl groups is 1. The van der Waals surface area contributed by atoms with Gasteiger partial charge in [0.25, 0.3) is 0 Å². The Morgan fingerprint density at radius 1 is 1.33 bits per heavy atom. The van der Waals surface area contributed by atoms with Gasteiger partial charge in [0.05, 0.1) is 6.10 Å². The number of allylic oxidation sites excluding steroid dienone is 2. The summed E-state index contributed by atoms with van der Waals surface area (Å²) in [5, 5.41) is 9.54. The van der Waals surface area contributed by atoms with Gasteiger partial charge >= 0.3 is 0 Å². The van der Waals surface area contributed by atoms with Gasteiger partial charge in [-0.25, -0.2) is 0 Å². The fourth-order valence-corrected chi connectivity index (χ4v) is 1.41. The maximum atomic E-state index is 10.4. The van der Waals surface area contributed by atoms with Crippen molar-refractivity contribution in [2.75, 3.05) is 0 Å². The highest BCUT2D eigenvalue weighted by Gasteiger charge is 2.04. The van der Waals surface area contributed by atoms with Crippen LogP contribution in [-0.2, 0) is 4.79 Å². The van der Waals surface area contributed by atoms with Crippen molar-refractivity contribution < 1.29 is 9.90 Å². The molecule has 0 fully saturated rings. The predicted molar refractivity (Wildman–Crippen MR) is 62.3 cm³/mol. The number of hydrogen-bond donors (Lipinski definition) is 2. The maximum Gasteiger partial charge on any atom is 0.217 e. The van der Waals surface area contributed by atoms with Crippen LogP contribution in [0.4, 0.5) is 0 Å². The molecule has 0 heterocycles. The minimum atomic E-state index is -0.284. The molecule has 15 heavy (non-hydrogen) atoms. The van der Waals surface area contributed by atoms with Crippen molar-refractivity contribution in [3.63, 3.8) is 0 Å². The quantitative estimate of drug-likeness (QED) is 0.455. The van der Waals surface area contributed by atoms with E-state index >= 15 is 0 Å². The van der Waals surface area contributed by atoms with Gasteiger partial charge in [-0.15, -0.1) is 0 Å². The van der Waals surface area contributed by atoms with Crippen LogP contribution in [0.5, 0.6) is 0 Å². The molecule has 88 valence electrons. The molecule has 0 saturated carbocycles. The van der Waals surface area contributed by atoms with Crippen molar-refractivity contribution in [3.05, 3.63) is 12.2 Å². The van der Waals surface area contributed by atoms with Crippen molar-refractivity contribution in [2.45, 2.75) is 58.0 Å². The highest BCUT2D eigenvalue weighted by Crippen LogP contribution is 2.08. The molecule has 0 aliphatic carbocycles. The van der Waals surface area contributed by atoms with Crippen LogP contribution in [-0.4, -0.2) is 17.1 Å². The van der Waals surface area contributed by atoms with E-state index in [0.29, 0.717) is 19.3 Å². The maximum absolute atomic E-state index is 10.4. The zero-order valence-electron chi connectivity index (χ0n) is 9.61. The van der Waals surface area contributed by atoms with Crippen LogP contribution in [0.25, 0.3) is 0 Å². The van der Waals surface area contributed by atoms with Crippen LogP contribution in [0.15, 0.2) is 12.2 Å². The summed E-state index contributed by atoms with van der Waals surface area (Å²) in [5.41, 5.74) is 5.00. The molecule has 1 unspecified atom stereocenters. The first-order valence-electron chi connectivity index (χ1n) is 5.78. The lowest BCUT2D eigenvalue weighted by Gasteiger charge is -2.08. The smallest absolute Gasteiger partial charge is 0.217 e. The Morgan fingerprint density at radius 3 is 2.60 bits per heavy atom. The van der Waals surface area contributed by atoms with E-state index < -0.39 is 0 Å². The van der Waals surface area contributed by atoms with Crippen LogP contribution < -0.4 is 5.73 Å². The first-order chi connectivity index (χ1) is 7.16. The number of rotatable bonds is 9. The van der Waals surface area contributed by atoms with E-state index in [2.05, 4.69) is 19.1 Å². The summed E-state index contributed by atoms with van der Waals surface area (Å²) in [6.45, 7) is 2.11. The normalized spacial score (nSPS) is 13.2. The SMILES string of the molecule is CCC=CCCCC(O)CCCC(N)=O. The molecule has 0 rings (SSSR count). The number of hydrogen-bond acceptors (Lipinski definition) is 2. The second-order valence-electron chi connectivity index (χ2n) is 3.82. The molecule has 1 atom stereocenters. The largest absolute Gasteiger partial charge is 0.393 e. The van der Waals surface area contributed by atoms with Gasteiger partial charge in [-0.1, -0.05) is 19.1 Å². The van der Waals surface area contributed by atoms with Gasteiger partial charge in [0.15, 0.2) is 0 Å². The van der Waals surface area contributed by atoms with Crippen molar-refractivity contribution in [2.24, 2.45) is 5.73 Å². The lowest BCUT2D eigenvalue weighted by molar-refractivity contribution is -0.118. The minimum absolute atomic E-state index is 0.278. The molecular weight excluding hydrogens is 190 g/mol. The molecule has 0 aliphatic rings. The first kappa shape index (κ1) is 14.2. The van der Waals surface area contributed by atoms with Crippen LogP contribution in [0.1, 0.15) is 51.9 Å². The van der Waals surface area contributed by atoms with Crippen LogP contribution in [0, 0.1) is 0 Å². The third kappa shape index (κ3) is 11.1. The number of amides is 1. The molecule has 0 aromatic rings. The Morgan fingerprint density at radius 2 is 2.00 bits per heavy atom. The summed E-state index contributed by atoms with van der Waals surface area (Å²) in [5.74, 6) is -0.284. The van der Waals surface area contributed by atoms with Gasteiger partial charge < -0.3 is 10.8 Å². The molecule has 3 nitrogen and oxygen atoms in total. The zero-order chi connectivity index (χ0) is 11.5. The Hall–Kier alpha value is -0.830. The fourth-order valence-electron chi connectivity index (χ4n) is 1.41. The lowest BCUT2D eigenvalue weighted by Crippen LogP contribution is -2.12.